The molecule has 3 aromatic carbocycles. The number of sulfonamides is 1. The highest BCUT2D eigenvalue weighted by atomic mass is 32.2. The number of rotatable bonds is 8. The van der Waals surface area contributed by atoms with Crippen LogP contribution < -0.4 is 9.46 Å². The van der Waals surface area contributed by atoms with Gasteiger partial charge in [-0.2, -0.15) is 0 Å². The zero-order valence-electron chi connectivity index (χ0n) is 14.8. The van der Waals surface area contributed by atoms with E-state index in [1.165, 1.54) is 0 Å². The highest BCUT2D eigenvalue weighted by Gasteiger charge is 2.19. The lowest BCUT2D eigenvalue weighted by Crippen LogP contribution is -2.16. The molecule has 1 atom stereocenters. The standard InChI is InChI=1S/C22H21NO3S/c1-2-18(17-26-19-11-5-3-6-12-19)21-15-9-10-16-22(21)23-27(24,25)20-13-7-4-8-14-20/h2-16,18,23H,1,17H2. The summed E-state index contributed by atoms with van der Waals surface area (Å²) in [7, 11) is -3.67. The van der Waals surface area contributed by atoms with Gasteiger partial charge in [0.15, 0.2) is 0 Å². The number of hydrogen-bond donors (Lipinski definition) is 1. The van der Waals surface area contributed by atoms with Crippen molar-refractivity contribution in [2.24, 2.45) is 0 Å². The molecule has 0 fully saturated rings. The van der Waals surface area contributed by atoms with E-state index < -0.39 is 10.0 Å². The maximum Gasteiger partial charge on any atom is 0.261 e. The molecule has 5 heteroatoms. The van der Waals surface area contributed by atoms with Gasteiger partial charge in [-0.3, -0.25) is 4.72 Å². The van der Waals surface area contributed by atoms with E-state index in [0.29, 0.717) is 12.3 Å². The van der Waals surface area contributed by atoms with Gasteiger partial charge in [0.05, 0.1) is 17.2 Å². The lowest BCUT2D eigenvalue weighted by Gasteiger charge is -2.19. The smallest absolute Gasteiger partial charge is 0.261 e. The molecule has 0 aliphatic carbocycles. The van der Waals surface area contributed by atoms with E-state index in [1.807, 2.05) is 42.5 Å². The van der Waals surface area contributed by atoms with E-state index in [4.69, 9.17) is 4.74 Å². The average Bonchev–Trinajstić information content (AvgIpc) is 2.71. The number of nitrogens with one attached hydrogen (secondary N) is 1. The first-order chi connectivity index (χ1) is 13.1. The fraction of sp³-hybridized carbons (Fsp3) is 0.0909. The monoisotopic (exact) mass is 379 g/mol. The Labute approximate surface area is 160 Å². The van der Waals surface area contributed by atoms with Crippen LogP contribution in [0.1, 0.15) is 11.5 Å². The van der Waals surface area contributed by atoms with E-state index in [0.717, 1.165) is 11.3 Å². The molecule has 0 radical (unpaired) electrons. The molecular formula is C22H21NO3S. The molecule has 1 N–H and O–H groups in total. The molecule has 0 spiro atoms. The van der Waals surface area contributed by atoms with Crippen LogP contribution in [-0.4, -0.2) is 15.0 Å². The average molecular weight is 379 g/mol. The molecule has 4 nitrogen and oxygen atoms in total. The Hall–Kier alpha value is -3.05. The Bertz CT molecular complexity index is 986. The lowest BCUT2D eigenvalue weighted by atomic mass is 9.98. The van der Waals surface area contributed by atoms with Gasteiger partial charge in [0.1, 0.15) is 5.75 Å². The van der Waals surface area contributed by atoms with Crippen LogP contribution in [0.2, 0.25) is 0 Å². The van der Waals surface area contributed by atoms with Crippen molar-refractivity contribution in [3.63, 3.8) is 0 Å². The minimum atomic E-state index is -3.67. The van der Waals surface area contributed by atoms with E-state index in [1.54, 1.807) is 48.5 Å². The molecular weight excluding hydrogens is 358 g/mol. The van der Waals surface area contributed by atoms with Gasteiger partial charge in [0.2, 0.25) is 0 Å². The van der Waals surface area contributed by atoms with Crippen molar-refractivity contribution in [3.05, 3.63) is 103 Å². The normalized spacial score (nSPS) is 12.1. The van der Waals surface area contributed by atoms with Gasteiger partial charge in [-0.25, -0.2) is 8.42 Å². The largest absolute Gasteiger partial charge is 0.493 e. The minimum absolute atomic E-state index is 0.167. The summed E-state index contributed by atoms with van der Waals surface area (Å²) >= 11 is 0. The van der Waals surface area contributed by atoms with Crippen LogP contribution in [0.25, 0.3) is 0 Å². The van der Waals surface area contributed by atoms with Crippen LogP contribution in [0.5, 0.6) is 5.75 Å². The molecule has 3 rings (SSSR count). The first-order valence-corrected chi connectivity index (χ1v) is 10.1. The number of ether oxygens (including phenoxy) is 1. The molecule has 0 aliphatic heterocycles. The van der Waals surface area contributed by atoms with Crippen molar-refractivity contribution in [2.75, 3.05) is 11.3 Å². The van der Waals surface area contributed by atoms with E-state index in [2.05, 4.69) is 11.3 Å². The van der Waals surface area contributed by atoms with Crippen LogP contribution in [-0.2, 0) is 10.0 Å². The summed E-state index contributed by atoms with van der Waals surface area (Å²) < 4.78 is 33.9. The second-order valence-electron chi connectivity index (χ2n) is 5.97. The third-order valence-electron chi connectivity index (χ3n) is 4.12. The van der Waals surface area contributed by atoms with Gasteiger partial charge in [-0.15, -0.1) is 6.58 Å². The van der Waals surface area contributed by atoms with Crippen LogP contribution in [0.4, 0.5) is 5.69 Å². The third kappa shape index (κ3) is 4.77. The van der Waals surface area contributed by atoms with E-state index in [-0.39, 0.29) is 10.8 Å². The summed E-state index contributed by atoms with van der Waals surface area (Å²) in [5, 5.41) is 0. The Morgan fingerprint density at radius 1 is 0.889 bits per heavy atom. The predicted molar refractivity (Wildman–Crippen MR) is 109 cm³/mol. The van der Waals surface area contributed by atoms with Gasteiger partial charge < -0.3 is 4.74 Å². The molecule has 138 valence electrons. The quantitative estimate of drug-likeness (QED) is 0.570. The summed E-state index contributed by atoms with van der Waals surface area (Å²) in [5.41, 5.74) is 1.32. The Morgan fingerprint density at radius 3 is 2.15 bits per heavy atom. The van der Waals surface area contributed by atoms with Crippen LogP contribution >= 0.6 is 0 Å². The maximum atomic E-state index is 12.7. The van der Waals surface area contributed by atoms with Crippen molar-refractivity contribution < 1.29 is 13.2 Å². The zero-order valence-corrected chi connectivity index (χ0v) is 15.6. The number of anilines is 1. The fourth-order valence-corrected chi connectivity index (χ4v) is 3.81. The molecule has 0 heterocycles. The maximum absolute atomic E-state index is 12.7. The van der Waals surface area contributed by atoms with Crippen molar-refractivity contribution in [2.45, 2.75) is 10.8 Å². The third-order valence-corrected chi connectivity index (χ3v) is 5.50. The minimum Gasteiger partial charge on any atom is -0.493 e. The summed E-state index contributed by atoms with van der Waals surface area (Å²) in [6.45, 7) is 4.25. The molecule has 27 heavy (non-hydrogen) atoms. The molecule has 3 aromatic rings. The summed E-state index contributed by atoms with van der Waals surface area (Å²) in [6.07, 6.45) is 1.76. The second-order valence-corrected chi connectivity index (χ2v) is 7.65. The first-order valence-electron chi connectivity index (χ1n) is 8.57. The van der Waals surface area contributed by atoms with Crippen molar-refractivity contribution in [1.29, 1.82) is 0 Å². The molecule has 1 unspecified atom stereocenters. The summed E-state index contributed by atoms with van der Waals surface area (Å²) in [6, 6.07) is 25.1. The Kier molecular flexibility index (Phi) is 5.94. The summed E-state index contributed by atoms with van der Waals surface area (Å²) in [5.74, 6) is 0.589. The molecule has 0 bridgehead atoms. The van der Waals surface area contributed by atoms with Gasteiger partial charge >= 0.3 is 0 Å². The molecule has 0 amide bonds. The van der Waals surface area contributed by atoms with Crippen molar-refractivity contribution in [1.82, 2.24) is 0 Å². The van der Waals surface area contributed by atoms with Crippen LogP contribution in [0.3, 0.4) is 0 Å². The van der Waals surface area contributed by atoms with Gasteiger partial charge in [-0.05, 0) is 35.9 Å². The zero-order chi connectivity index (χ0) is 19.1. The number of para-hydroxylation sites is 2. The molecule has 0 aliphatic rings. The number of benzene rings is 3. The summed E-state index contributed by atoms with van der Waals surface area (Å²) in [4.78, 5) is 0.218. The first kappa shape index (κ1) is 18.7. The fourth-order valence-electron chi connectivity index (χ4n) is 2.70. The number of hydrogen-bond acceptors (Lipinski definition) is 3. The van der Waals surface area contributed by atoms with E-state index >= 15 is 0 Å². The molecule has 0 saturated carbocycles. The van der Waals surface area contributed by atoms with E-state index in [9.17, 15) is 8.42 Å². The van der Waals surface area contributed by atoms with Gasteiger partial charge in [0, 0.05) is 5.92 Å². The SMILES string of the molecule is C=CC(COc1ccccc1)c1ccccc1NS(=O)(=O)c1ccccc1. The van der Waals surface area contributed by atoms with Gasteiger partial charge in [0.25, 0.3) is 10.0 Å². The Morgan fingerprint density at radius 2 is 1.48 bits per heavy atom. The highest BCUT2D eigenvalue weighted by Crippen LogP contribution is 2.28. The predicted octanol–water partition coefficient (Wildman–Crippen LogP) is 4.84. The van der Waals surface area contributed by atoms with Crippen LogP contribution in [0.15, 0.2) is 102 Å². The molecule has 0 aromatic heterocycles. The Balaban J connectivity index is 1.83. The topological polar surface area (TPSA) is 55.4 Å². The van der Waals surface area contributed by atoms with Crippen LogP contribution in [0, 0.1) is 0 Å². The second kappa shape index (κ2) is 8.56. The van der Waals surface area contributed by atoms with Crippen molar-refractivity contribution >= 4 is 15.7 Å². The lowest BCUT2D eigenvalue weighted by molar-refractivity contribution is 0.306. The van der Waals surface area contributed by atoms with Crippen molar-refractivity contribution in [3.8, 4) is 5.75 Å². The van der Waals surface area contributed by atoms with Gasteiger partial charge in [-0.1, -0.05) is 60.7 Å². The molecule has 0 saturated heterocycles. The highest BCUT2D eigenvalue weighted by molar-refractivity contribution is 7.92.